The van der Waals surface area contributed by atoms with Crippen LogP contribution in [0.3, 0.4) is 0 Å². The predicted molar refractivity (Wildman–Crippen MR) is 50.5 cm³/mol. The summed E-state index contributed by atoms with van der Waals surface area (Å²) in [5.41, 5.74) is 1.25. The molecular weight excluding hydrogens is 272 g/mol. The molecule has 2 rings (SSSR count). The van der Waals surface area contributed by atoms with Gasteiger partial charge in [-0.15, -0.1) is 0 Å². The van der Waals surface area contributed by atoms with E-state index in [0.717, 1.165) is 15.6 Å². The van der Waals surface area contributed by atoms with Crippen molar-refractivity contribution in [3.05, 3.63) is 32.7 Å². The summed E-state index contributed by atoms with van der Waals surface area (Å²) < 4.78 is 7.33. The maximum absolute atomic E-state index is 5.15. The first-order valence-corrected chi connectivity index (χ1v) is 4.92. The molecule has 1 unspecified atom stereocenters. The highest BCUT2D eigenvalue weighted by molar-refractivity contribution is 9.13. The molecule has 0 spiro atoms. The average Bonchev–Trinajstić information content (AvgIpc) is 2.77. The number of benzene rings is 1. The van der Waals surface area contributed by atoms with Gasteiger partial charge in [-0.2, -0.15) is 0 Å². The van der Waals surface area contributed by atoms with Gasteiger partial charge < -0.3 is 4.74 Å². The third kappa shape index (κ3) is 1.66. The molecule has 1 fully saturated rings. The van der Waals surface area contributed by atoms with Gasteiger partial charge in [-0.1, -0.05) is 6.07 Å². The summed E-state index contributed by atoms with van der Waals surface area (Å²) >= 11 is 6.85. The number of epoxide rings is 1. The summed E-state index contributed by atoms with van der Waals surface area (Å²) in [6, 6.07) is 6.19. The predicted octanol–water partition coefficient (Wildman–Crippen LogP) is 3.28. The molecule has 1 aromatic carbocycles. The fourth-order valence-electron chi connectivity index (χ4n) is 0.953. The Morgan fingerprint density at radius 3 is 2.55 bits per heavy atom. The van der Waals surface area contributed by atoms with Crippen molar-refractivity contribution in [3.63, 3.8) is 0 Å². The SMILES string of the molecule is Brc1ccc(C2CO2)cc1Br. The number of rotatable bonds is 1. The van der Waals surface area contributed by atoms with Crippen LogP contribution in [-0.2, 0) is 4.74 Å². The first kappa shape index (κ1) is 7.77. The molecule has 1 aromatic rings. The monoisotopic (exact) mass is 276 g/mol. The van der Waals surface area contributed by atoms with Crippen LogP contribution in [0, 0.1) is 0 Å². The summed E-state index contributed by atoms with van der Waals surface area (Å²) in [6.45, 7) is 0.869. The van der Waals surface area contributed by atoms with Crippen molar-refractivity contribution in [3.8, 4) is 0 Å². The largest absolute Gasteiger partial charge is 0.368 e. The lowest BCUT2D eigenvalue weighted by Crippen LogP contribution is -1.79. The molecule has 1 atom stereocenters. The molecule has 0 radical (unpaired) electrons. The minimum absolute atomic E-state index is 0.347. The van der Waals surface area contributed by atoms with Gasteiger partial charge in [-0.3, -0.25) is 0 Å². The molecule has 11 heavy (non-hydrogen) atoms. The van der Waals surface area contributed by atoms with Crippen molar-refractivity contribution in [2.24, 2.45) is 0 Å². The lowest BCUT2D eigenvalue weighted by atomic mass is 10.2. The van der Waals surface area contributed by atoms with Gasteiger partial charge in [0.1, 0.15) is 6.10 Å². The fraction of sp³-hybridized carbons (Fsp3) is 0.250. The quantitative estimate of drug-likeness (QED) is 0.718. The van der Waals surface area contributed by atoms with E-state index in [2.05, 4.69) is 44.0 Å². The van der Waals surface area contributed by atoms with E-state index in [1.54, 1.807) is 0 Å². The Bertz CT molecular complexity index is 281. The molecule has 0 aliphatic carbocycles. The van der Waals surface area contributed by atoms with E-state index in [9.17, 15) is 0 Å². The van der Waals surface area contributed by atoms with Crippen molar-refractivity contribution in [1.82, 2.24) is 0 Å². The molecule has 0 N–H and O–H groups in total. The lowest BCUT2D eigenvalue weighted by Gasteiger charge is -1.98. The Hall–Kier alpha value is 0.140. The van der Waals surface area contributed by atoms with Crippen molar-refractivity contribution < 1.29 is 4.74 Å². The second-order valence-electron chi connectivity index (χ2n) is 2.50. The van der Waals surface area contributed by atoms with Crippen molar-refractivity contribution in [1.29, 1.82) is 0 Å². The highest BCUT2D eigenvalue weighted by Crippen LogP contribution is 2.33. The van der Waals surface area contributed by atoms with Crippen LogP contribution >= 0.6 is 31.9 Å². The van der Waals surface area contributed by atoms with Crippen LogP contribution in [0.2, 0.25) is 0 Å². The van der Waals surface area contributed by atoms with E-state index in [0.29, 0.717) is 6.10 Å². The van der Waals surface area contributed by atoms with Crippen LogP contribution in [0.1, 0.15) is 11.7 Å². The number of halogens is 2. The molecule has 0 aromatic heterocycles. The van der Waals surface area contributed by atoms with Crippen molar-refractivity contribution >= 4 is 31.9 Å². The van der Waals surface area contributed by atoms with Gasteiger partial charge >= 0.3 is 0 Å². The highest BCUT2D eigenvalue weighted by atomic mass is 79.9. The Balaban J connectivity index is 2.36. The molecule has 0 saturated carbocycles. The van der Waals surface area contributed by atoms with Crippen LogP contribution in [-0.4, -0.2) is 6.61 Å². The third-order valence-electron chi connectivity index (χ3n) is 1.65. The highest BCUT2D eigenvalue weighted by Gasteiger charge is 2.24. The average molecular weight is 278 g/mol. The van der Waals surface area contributed by atoms with Gasteiger partial charge in [0.15, 0.2) is 0 Å². The maximum atomic E-state index is 5.15. The summed E-state index contributed by atoms with van der Waals surface area (Å²) in [5, 5.41) is 0. The minimum atomic E-state index is 0.347. The normalized spacial score (nSPS) is 21.8. The Morgan fingerprint density at radius 2 is 2.00 bits per heavy atom. The van der Waals surface area contributed by atoms with E-state index in [4.69, 9.17) is 4.74 Å². The second-order valence-corrected chi connectivity index (χ2v) is 4.20. The van der Waals surface area contributed by atoms with E-state index < -0.39 is 0 Å². The molecule has 1 aliphatic heterocycles. The Kier molecular flexibility index (Phi) is 2.04. The molecular formula is C8H6Br2O. The number of hydrogen-bond acceptors (Lipinski definition) is 1. The van der Waals surface area contributed by atoms with Gasteiger partial charge in [0, 0.05) is 8.95 Å². The molecule has 1 saturated heterocycles. The topological polar surface area (TPSA) is 12.5 Å². The van der Waals surface area contributed by atoms with Gasteiger partial charge in [0.2, 0.25) is 0 Å². The van der Waals surface area contributed by atoms with Crippen molar-refractivity contribution in [2.45, 2.75) is 6.10 Å². The van der Waals surface area contributed by atoms with Crippen LogP contribution in [0.4, 0.5) is 0 Å². The Morgan fingerprint density at radius 1 is 1.27 bits per heavy atom. The first-order chi connectivity index (χ1) is 5.27. The van der Waals surface area contributed by atoms with Crippen LogP contribution in [0.15, 0.2) is 27.1 Å². The van der Waals surface area contributed by atoms with Gasteiger partial charge in [-0.05, 0) is 49.6 Å². The van der Waals surface area contributed by atoms with Crippen LogP contribution in [0.5, 0.6) is 0 Å². The van der Waals surface area contributed by atoms with Crippen LogP contribution in [0.25, 0.3) is 0 Å². The molecule has 1 nitrogen and oxygen atoms in total. The van der Waals surface area contributed by atoms with E-state index >= 15 is 0 Å². The van der Waals surface area contributed by atoms with Gasteiger partial charge in [0.25, 0.3) is 0 Å². The van der Waals surface area contributed by atoms with Crippen LogP contribution < -0.4 is 0 Å². The molecule has 58 valence electrons. The molecule has 0 bridgehead atoms. The summed E-state index contributed by atoms with van der Waals surface area (Å²) in [7, 11) is 0. The fourth-order valence-corrected chi connectivity index (χ4v) is 1.60. The lowest BCUT2D eigenvalue weighted by molar-refractivity contribution is 0.415. The zero-order valence-corrected chi connectivity index (χ0v) is 8.85. The third-order valence-corrected chi connectivity index (χ3v) is 3.53. The second kappa shape index (κ2) is 2.88. The van der Waals surface area contributed by atoms with Gasteiger partial charge in [0.05, 0.1) is 6.61 Å². The summed E-state index contributed by atoms with van der Waals surface area (Å²) in [6.07, 6.45) is 0.347. The van der Waals surface area contributed by atoms with E-state index in [1.165, 1.54) is 5.56 Å². The number of hydrogen-bond donors (Lipinski definition) is 0. The van der Waals surface area contributed by atoms with E-state index in [-0.39, 0.29) is 0 Å². The molecule has 3 heteroatoms. The first-order valence-electron chi connectivity index (χ1n) is 3.34. The van der Waals surface area contributed by atoms with E-state index in [1.807, 2.05) is 6.07 Å². The zero-order chi connectivity index (χ0) is 7.84. The molecule has 0 amide bonds. The zero-order valence-electron chi connectivity index (χ0n) is 5.68. The molecule has 1 aliphatic rings. The van der Waals surface area contributed by atoms with Gasteiger partial charge in [-0.25, -0.2) is 0 Å². The Labute approximate surface area is 82.0 Å². The maximum Gasteiger partial charge on any atom is 0.106 e. The summed E-state index contributed by atoms with van der Waals surface area (Å²) in [5.74, 6) is 0. The number of ether oxygens (including phenoxy) is 1. The minimum Gasteiger partial charge on any atom is -0.368 e. The summed E-state index contributed by atoms with van der Waals surface area (Å²) in [4.78, 5) is 0. The standard InChI is InChI=1S/C8H6Br2O/c9-6-2-1-5(3-7(6)10)8-4-11-8/h1-3,8H,4H2. The van der Waals surface area contributed by atoms with Crippen molar-refractivity contribution in [2.75, 3.05) is 6.61 Å². The smallest absolute Gasteiger partial charge is 0.106 e. The molecule has 1 heterocycles.